The minimum absolute atomic E-state index is 0.254. The summed E-state index contributed by atoms with van der Waals surface area (Å²) in [5.74, 6) is -3.52. The fourth-order valence-electron chi connectivity index (χ4n) is 5.02. The molecule has 0 unspecified atom stereocenters. The number of carboxylic acid groups (broad SMARTS) is 3. The van der Waals surface area contributed by atoms with Crippen molar-refractivity contribution >= 4 is 17.9 Å². The lowest BCUT2D eigenvalue weighted by Gasteiger charge is -2.34. The molecule has 0 heterocycles. The first-order valence-electron chi connectivity index (χ1n) is 15.0. The molecule has 216 valence electrons. The van der Waals surface area contributed by atoms with Crippen molar-refractivity contribution in [1.82, 2.24) is 0 Å². The Labute approximate surface area is 225 Å². The second-order valence-electron chi connectivity index (χ2n) is 10.8. The molecular weight excluding hydrogens is 470 g/mol. The summed E-state index contributed by atoms with van der Waals surface area (Å²) in [5, 5.41) is 27.4. The van der Waals surface area contributed by atoms with Gasteiger partial charge in [0.15, 0.2) is 19.6 Å². The van der Waals surface area contributed by atoms with Crippen molar-refractivity contribution in [3.8, 4) is 0 Å². The van der Waals surface area contributed by atoms with E-state index in [1.807, 2.05) is 0 Å². The second-order valence-corrected chi connectivity index (χ2v) is 10.8. The molecule has 0 bridgehead atoms. The highest BCUT2D eigenvalue weighted by Gasteiger charge is 2.35. The first kappa shape index (κ1) is 35.1. The first-order valence-corrected chi connectivity index (χ1v) is 15.0. The van der Waals surface area contributed by atoms with E-state index < -0.39 is 42.0 Å². The van der Waals surface area contributed by atoms with E-state index in [2.05, 4.69) is 19.1 Å². The summed E-state index contributed by atoms with van der Waals surface area (Å²) in [6.45, 7) is 1.07. The van der Waals surface area contributed by atoms with Gasteiger partial charge >= 0.3 is 17.9 Å². The lowest BCUT2D eigenvalue weighted by atomic mass is 10.0. The second kappa shape index (κ2) is 24.4. The summed E-state index contributed by atoms with van der Waals surface area (Å²) >= 11 is 0. The number of unbranched alkanes of at least 4 members (excludes halogenated alkanes) is 18. The molecule has 0 aliphatic carbocycles. The minimum Gasteiger partial charge on any atom is -0.477 e. The maximum Gasteiger partial charge on any atom is 0.359 e. The molecule has 0 radical (unpaired) electrons. The lowest BCUT2D eigenvalue weighted by Crippen LogP contribution is -2.57. The normalized spacial score (nSPS) is 11.8. The average molecular weight is 527 g/mol. The van der Waals surface area contributed by atoms with Gasteiger partial charge in [0.1, 0.15) is 0 Å². The maximum atomic E-state index is 11.2. The van der Waals surface area contributed by atoms with Crippen molar-refractivity contribution < 1.29 is 34.2 Å². The van der Waals surface area contributed by atoms with E-state index in [1.54, 1.807) is 0 Å². The predicted molar refractivity (Wildman–Crippen MR) is 150 cm³/mol. The van der Waals surface area contributed by atoms with Crippen LogP contribution in [0, 0.1) is 0 Å². The molecule has 0 fully saturated rings. The highest BCUT2D eigenvalue weighted by molar-refractivity contribution is 5.73. The number of hydrogen-bond acceptors (Lipinski definition) is 3. The highest BCUT2D eigenvalue weighted by Crippen LogP contribution is 2.15. The molecule has 0 aromatic rings. The van der Waals surface area contributed by atoms with Gasteiger partial charge in [-0.2, -0.15) is 0 Å². The van der Waals surface area contributed by atoms with Gasteiger partial charge in [-0.15, -0.1) is 0 Å². The molecule has 0 aliphatic rings. The van der Waals surface area contributed by atoms with Crippen LogP contribution in [0.5, 0.6) is 0 Å². The smallest absolute Gasteiger partial charge is 0.359 e. The van der Waals surface area contributed by atoms with E-state index in [9.17, 15) is 14.4 Å². The topological polar surface area (TPSA) is 112 Å². The highest BCUT2D eigenvalue weighted by atomic mass is 16.4. The van der Waals surface area contributed by atoms with Gasteiger partial charge in [-0.25, -0.2) is 14.4 Å². The molecule has 3 N–H and O–H groups in total. The predicted octanol–water partition coefficient (Wildman–Crippen LogP) is 7.44. The largest absolute Gasteiger partial charge is 0.477 e. The zero-order valence-corrected chi connectivity index (χ0v) is 23.6. The molecule has 0 atom stereocenters. The van der Waals surface area contributed by atoms with E-state index in [-0.39, 0.29) is 6.54 Å². The van der Waals surface area contributed by atoms with Crippen molar-refractivity contribution in [2.75, 3.05) is 26.2 Å². The summed E-state index contributed by atoms with van der Waals surface area (Å²) in [6, 6.07) is 0. The van der Waals surface area contributed by atoms with Crippen LogP contribution in [-0.2, 0) is 14.4 Å². The van der Waals surface area contributed by atoms with Gasteiger partial charge < -0.3 is 15.3 Å². The number of aliphatic carboxylic acids is 3. The maximum absolute atomic E-state index is 11.2. The lowest BCUT2D eigenvalue weighted by molar-refractivity contribution is -0.907. The SMILES string of the molecule is CCCCCCCCCCCCCCC/C=C/CCCCCCC[N+](CC(=O)O)(CC(=O)O)CC(=O)O. The summed E-state index contributed by atoms with van der Waals surface area (Å²) < 4.78 is -0.443. The van der Waals surface area contributed by atoms with E-state index in [1.165, 1.54) is 83.5 Å². The molecule has 0 aromatic heterocycles. The Morgan fingerprint density at radius 2 is 0.784 bits per heavy atom. The fourth-order valence-corrected chi connectivity index (χ4v) is 5.02. The van der Waals surface area contributed by atoms with Crippen LogP contribution in [0.25, 0.3) is 0 Å². The summed E-state index contributed by atoms with van der Waals surface area (Å²) in [7, 11) is 0. The van der Waals surface area contributed by atoms with Crippen LogP contribution in [0.3, 0.4) is 0 Å². The number of nitrogens with zero attached hydrogens (tertiary/aromatic N) is 1. The van der Waals surface area contributed by atoms with Gasteiger partial charge in [-0.1, -0.05) is 109 Å². The van der Waals surface area contributed by atoms with E-state index >= 15 is 0 Å². The number of carbonyl (C=O) groups is 3. The summed E-state index contributed by atoms with van der Waals surface area (Å²) in [4.78, 5) is 33.6. The molecule has 7 nitrogen and oxygen atoms in total. The monoisotopic (exact) mass is 526 g/mol. The Morgan fingerprint density at radius 3 is 1.11 bits per heavy atom. The van der Waals surface area contributed by atoms with Gasteiger partial charge in [0.05, 0.1) is 6.54 Å². The zero-order chi connectivity index (χ0) is 27.6. The van der Waals surface area contributed by atoms with Crippen LogP contribution in [0.4, 0.5) is 0 Å². The van der Waals surface area contributed by atoms with Gasteiger partial charge in [0, 0.05) is 0 Å². The van der Waals surface area contributed by atoms with Crippen molar-refractivity contribution in [2.45, 2.75) is 135 Å². The van der Waals surface area contributed by atoms with E-state index in [0.29, 0.717) is 6.42 Å². The van der Waals surface area contributed by atoms with Crippen LogP contribution < -0.4 is 0 Å². The number of rotatable bonds is 28. The number of carboxylic acids is 3. The third-order valence-electron chi connectivity index (χ3n) is 7.06. The Hall–Kier alpha value is -1.89. The van der Waals surface area contributed by atoms with Gasteiger partial charge in [0.25, 0.3) is 0 Å². The van der Waals surface area contributed by atoms with Gasteiger partial charge in [-0.3, -0.25) is 4.48 Å². The third-order valence-corrected chi connectivity index (χ3v) is 7.06. The van der Waals surface area contributed by atoms with Crippen LogP contribution in [0.15, 0.2) is 12.2 Å². The van der Waals surface area contributed by atoms with Crippen LogP contribution >= 0.6 is 0 Å². The van der Waals surface area contributed by atoms with Crippen molar-refractivity contribution in [3.05, 3.63) is 12.2 Å². The van der Waals surface area contributed by atoms with E-state index in [4.69, 9.17) is 15.3 Å². The molecule has 0 saturated carbocycles. The van der Waals surface area contributed by atoms with Crippen molar-refractivity contribution in [1.29, 1.82) is 0 Å². The van der Waals surface area contributed by atoms with Gasteiger partial charge in [0.2, 0.25) is 0 Å². The van der Waals surface area contributed by atoms with Crippen LogP contribution in [0.2, 0.25) is 0 Å². The zero-order valence-electron chi connectivity index (χ0n) is 23.6. The molecular formula is C30H56NO6+. The molecule has 0 aromatic carbocycles. The molecule has 0 saturated heterocycles. The van der Waals surface area contributed by atoms with Crippen LogP contribution in [-0.4, -0.2) is 63.9 Å². The minimum atomic E-state index is -1.17. The molecule has 0 rings (SSSR count). The Kier molecular flexibility index (Phi) is 23.2. The Morgan fingerprint density at radius 1 is 0.486 bits per heavy atom. The molecule has 7 heteroatoms. The van der Waals surface area contributed by atoms with Gasteiger partial charge in [-0.05, 0) is 38.5 Å². The van der Waals surface area contributed by atoms with Crippen LogP contribution in [0.1, 0.15) is 135 Å². The fraction of sp³-hybridized carbons (Fsp3) is 0.833. The molecule has 0 amide bonds. The quantitative estimate of drug-likeness (QED) is 0.0555. The van der Waals surface area contributed by atoms with E-state index in [0.717, 1.165) is 38.5 Å². The summed E-state index contributed by atoms with van der Waals surface area (Å²) in [6.07, 6.45) is 29.4. The number of hydrogen-bond donors (Lipinski definition) is 3. The molecule has 0 aliphatic heterocycles. The Bertz CT molecular complexity index is 578. The first-order chi connectivity index (χ1) is 17.8. The number of allylic oxidation sites excluding steroid dienone is 2. The third kappa shape index (κ3) is 24.2. The molecule has 0 spiro atoms. The number of quaternary nitrogens is 1. The van der Waals surface area contributed by atoms with Crippen molar-refractivity contribution in [2.24, 2.45) is 0 Å². The average Bonchev–Trinajstić information content (AvgIpc) is 2.81. The standard InChI is InChI=1S/C30H55NO6/c1-2-3-4-5-6-7-8-9-10-11-12-13-14-15-16-17-18-19-20-21-22-23-24-31(25-28(32)33,26-29(34)35)27-30(36)37/h16-17H,2-15,18-27H2,1H3,(H2-,32,33,34,35,36,37)/p+1/b17-16+. The molecule has 37 heavy (non-hydrogen) atoms. The van der Waals surface area contributed by atoms with Crippen molar-refractivity contribution in [3.63, 3.8) is 0 Å². The Balaban J connectivity index is 3.68. The summed E-state index contributed by atoms with van der Waals surface area (Å²) in [5.41, 5.74) is 0.